The molecular weight excluding hydrogens is 289 g/mol. The van der Waals surface area contributed by atoms with Crippen LogP contribution in [0.5, 0.6) is 0 Å². The molecule has 3 nitrogen and oxygen atoms in total. The van der Waals surface area contributed by atoms with Gasteiger partial charge in [-0.05, 0) is 24.3 Å². The maximum absolute atomic E-state index is 8.89. The van der Waals surface area contributed by atoms with Crippen LogP contribution in [-0.4, -0.2) is 4.98 Å². The largest absolute Gasteiger partial charge is 0.395 e. The van der Waals surface area contributed by atoms with Crippen LogP contribution in [-0.2, 0) is 0 Å². The number of anilines is 1. The van der Waals surface area contributed by atoms with Crippen molar-refractivity contribution in [2.75, 3.05) is 5.73 Å². The minimum absolute atomic E-state index is 0.348. The van der Waals surface area contributed by atoms with Gasteiger partial charge in [0.15, 0.2) is 0 Å². The highest BCUT2D eigenvalue weighted by molar-refractivity contribution is 7.99. The normalized spacial score (nSPS) is 10.1. The molecule has 0 bridgehead atoms. The van der Waals surface area contributed by atoms with E-state index in [9.17, 15) is 0 Å². The van der Waals surface area contributed by atoms with Crippen molar-refractivity contribution in [3.8, 4) is 6.07 Å². The number of hydrogen-bond donors (Lipinski definition) is 1. The topological polar surface area (TPSA) is 62.7 Å². The van der Waals surface area contributed by atoms with Crippen LogP contribution < -0.4 is 5.73 Å². The zero-order chi connectivity index (χ0) is 13.1. The fourth-order valence-corrected chi connectivity index (χ4v) is 2.66. The second-order valence-corrected chi connectivity index (χ2v) is 5.24. The van der Waals surface area contributed by atoms with E-state index in [4.69, 9.17) is 34.2 Å². The molecule has 2 N–H and O–H groups in total. The number of nitriles is 1. The summed E-state index contributed by atoms with van der Waals surface area (Å²) in [5.74, 6) is 0. The first kappa shape index (κ1) is 13.0. The average molecular weight is 296 g/mol. The van der Waals surface area contributed by atoms with Crippen molar-refractivity contribution < 1.29 is 0 Å². The SMILES string of the molecule is N#Cc1ccnc(Sc2cc(Cl)ccc2Cl)c1N. The second kappa shape index (κ2) is 5.49. The summed E-state index contributed by atoms with van der Waals surface area (Å²) in [6, 6.07) is 8.72. The predicted octanol–water partition coefficient (Wildman–Crippen LogP) is 3.99. The first-order chi connectivity index (χ1) is 8.61. The van der Waals surface area contributed by atoms with E-state index in [1.54, 1.807) is 24.3 Å². The third kappa shape index (κ3) is 2.70. The summed E-state index contributed by atoms with van der Waals surface area (Å²) >= 11 is 13.2. The molecule has 0 aliphatic rings. The molecule has 0 saturated heterocycles. The molecule has 0 saturated carbocycles. The Bertz CT molecular complexity index is 638. The van der Waals surface area contributed by atoms with Gasteiger partial charge in [0.2, 0.25) is 0 Å². The number of nitrogens with two attached hydrogens (primary N) is 1. The van der Waals surface area contributed by atoms with Crippen molar-refractivity contribution >= 4 is 40.7 Å². The fourth-order valence-electron chi connectivity index (χ4n) is 1.29. The molecule has 6 heteroatoms. The van der Waals surface area contributed by atoms with E-state index >= 15 is 0 Å². The first-order valence-corrected chi connectivity index (χ1v) is 6.46. The van der Waals surface area contributed by atoms with E-state index in [0.717, 1.165) is 4.90 Å². The Hall–Kier alpha value is -1.41. The van der Waals surface area contributed by atoms with Gasteiger partial charge in [0, 0.05) is 16.1 Å². The Labute approximate surface area is 119 Å². The standard InChI is InChI=1S/C12H7Cl2N3S/c13-8-1-2-9(14)10(5-8)18-12-11(16)7(6-15)3-4-17-12/h1-5H,16H2. The van der Waals surface area contributed by atoms with E-state index < -0.39 is 0 Å². The molecule has 0 radical (unpaired) electrons. The quantitative estimate of drug-likeness (QED) is 0.910. The summed E-state index contributed by atoms with van der Waals surface area (Å²) in [7, 11) is 0. The van der Waals surface area contributed by atoms with Crippen LogP contribution in [0.4, 0.5) is 5.69 Å². The summed E-state index contributed by atoms with van der Waals surface area (Å²) in [5.41, 5.74) is 6.59. The number of nitrogens with zero attached hydrogens (tertiary/aromatic N) is 2. The lowest BCUT2D eigenvalue weighted by Crippen LogP contribution is -1.95. The second-order valence-electron chi connectivity index (χ2n) is 3.37. The molecule has 90 valence electrons. The maximum atomic E-state index is 8.89. The van der Waals surface area contributed by atoms with E-state index in [-0.39, 0.29) is 0 Å². The van der Waals surface area contributed by atoms with Gasteiger partial charge in [0.25, 0.3) is 0 Å². The van der Waals surface area contributed by atoms with Gasteiger partial charge in [-0.25, -0.2) is 4.98 Å². The highest BCUT2D eigenvalue weighted by Gasteiger charge is 2.10. The van der Waals surface area contributed by atoms with Crippen LogP contribution in [0.3, 0.4) is 0 Å². The number of nitrogen functional groups attached to an aromatic ring is 1. The van der Waals surface area contributed by atoms with Crippen molar-refractivity contribution in [3.63, 3.8) is 0 Å². The van der Waals surface area contributed by atoms with E-state index in [1.165, 1.54) is 18.0 Å². The smallest absolute Gasteiger partial charge is 0.125 e. The highest BCUT2D eigenvalue weighted by Crippen LogP contribution is 2.37. The third-order valence-corrected chi connectivity index (χ3v) is 3.93. The van der Waals surface area contributed by atoms with Gasteiger partial charge < -0.3 is 5.73 Å². The molecule has 1 aromatic heterocycles. The predicted molar refractivity (Wildman–Crippen MR) is 73.9 cm³/mol. The Morgan fingerprint density at radius 1 is 1.28 bits per heavy atom. The highest BCUT2D eigenvalue weighted by atomic mass is 35.5. The number of pyridine rings is 1. The van der Waals surface area contributed by atoms with Gasteiger partial charge in [-0.2, -0.15) is 5.26 Å². The number of benzene rings is 1. The van der Waals surface area contributed by atoms with E-state index in [1.807, 2.05) is 6.07 Å². The summed E-state index contributed by atoms with van der Waals surface area (Å²) in [6.45, 7) is 0. The minimum atomic E-state index is 0.348. The van der Waals surface area contributed by atoms with Gasteiger partial charge in [-0.15, -0.1) is 0 Å². The fraction of sp³-hybridized carbons (Fsp3) is 0. The lowest BCUT2D eigenvalue weighted by Gasteiger charge is -2.07. The molecule has 0 spiro atoms. The Kier molecular flexibility index (Phi) is 3.97. The summed E-state index contributed by atoms with van der Waals surface area (Å²) in [6.07, 6.45) is 1.54. The first-order valence-electron chi connectivity index (χ1n) is 4.89. The summed E-state index contributed by atoms with van der Waals surface area (Å²) < 4.78 is 0. The number of rotatable bonds is 2. The van der Waals surface area contributed by atoms with Crippen molar-refractivity contribution in [2.45, 2.75) is 9.92 Å². The molecule has 1 heterocycles. The van der Waals surface area contributed by atoms with Crippen LogP contribution in [0.25, 0.3) is 0 Å². The van der Waals surface area contributed by atoms with Crippen LogP contribution in [0.1, 0.15) is 5.56 Å². The van der Waals surface area contributed by atoms with E-state index in [0.29, 0.717) is 26.3 Å². The lowest BCUT2D eigenvalue weighted by molar-refractivity contribution is 1.13. The molecule has 0 fully saturated rings. The lowest BCUT2D eigenvalue weighted by atomic mass is 10.2. The van der Waals surface area contributed by atoms with Crippen LogP contribution in [0.2, 0.25) is 10.0 Å². The van der Waals surface area contributed by atoms with Gasteiger partial charge in [0.05, 0.1) is 16.3 Å². The molecular formula is C12H7Cl2N3S. The van der Waals surface area contributed by atoms with Gasteiger partial charge in [-0.3, -0.25) is 0 Å². The molecule has 0 unspecified atom stereocenters. The van der Waals surface area contributed by atoms with Gasteiger partial charge in [0.1, 0.15) is 11.1 Å². The van der Waals surface area contributed by atoms with Crippen molar-refractivity contribution in [2.24, 2.45) is 0 Å². The minimum Gasteiger partial charge on any atom is -0.395 e. The van der Waals surface area contributed by atoms with Crippen LogP contribution in [0, 0.1) is 11.3 Å². The van der Waals surface area contributed by atoms with Crippen LogP contribution in [0.15, 0.2) is 40.4 Å². The molecule has 18 heavy (non-hydrogen) atoms. The summed E-state index contributed by atoms with van der Waals surface area (Å²) in [5, 5.41) is 10.6. The van der Waals surface area contributed by atoms with Crippen molar-refractivity contribution in [1.82, 2.24) is 4.98 Å². The third-order valence-electron chi connectivity index (χ3n) is 2.17. The Morgan fingerprint density at radius 3 is 2.78 bits per heavy atom. The van der Waals surface area contributed by atoms with Crippen LogP contribution >= 0.6 is 35.0 Å². The van der Waals surface area contributed by atoms with Crippen molar-refractivity contribution in [1.29, 1.82) is 5.26 Å². The molecule has 0 aliphatic heterocycles. The number of aromatic nitrogens is 1. The maximum Gasteiger partial charge on any atom is 0.125 e. The summed E-state index contributed by atoms with van der Waals surface area (Å²) in [4.78, 5) is 4.89. The average Bonchev–Trinajstić information content (AvgIpc) is 2.36. The Morgan fingerprint density at radius 2 is 2.06 bits per heavy atom. The number of hydrogen-bond acceptors (Lipinski definition) is 4. The molecule has 2 aromatic rings. The van der Waals surface area contributed by atoms with E-state index in [2.05, 4.69) is 4.98 Å². The molecule has 0 atom stereocenters. The number of halogens is 2. The van der Waals surface area contributed by atoms with Gasteiger partial charge >= 0.3 is 0 Å². The zero-order valence-corrected chi connectivity index (χ0v) is 11.4. The molecule has 2 rings (SSSR count). The van der Waals surface area contributed by atoms with Gasteiger partial charge in [-0.1, -0.05) is 35.0 Å². The molecule has 0 amide bonds. The molecule has 0 aliphatic carbocycles. The van der Waals surface area contributed by atoms with Crippen molar-refractivity contribution in [3.05, 3.63) is 46.1 Å². The molecule has 1 aromatic carbocycles. The Balaban J connectivity index is 2.41. The zero-order valence-electron chi connectivity index (χ0n) is 9.02. The monoisotopic (exact) mass is 295 g/mol.